The number of amides is 3. The summed E-state index contributed by atoms with van der Waals surface area (Å²) >= 11 is 12.1. The molecule has 3 atom stereocenters. The van der Waals surface area contributed by atoms with Crippen molar-refractivity contribution in [2.24, 2.45) is 5.41 Å². The first-order valence-electron chi connectivity index (χ1n) is 19.5. The summed E-state index contributed by atoms with van der Waals surface area (Å²) in [6.07, 6.45) is 20.2. The molecule has 3 amide bonds. The number of nitrogens with zero attached hydrogens (tertiary/aromatic N) is 3. The molecule has 2 saturated heterocycles. The molecule has 3 unspecified atom stereocenters. The zero-order chi connectivity index (χ0) is 35.9. The summed E-state index contributed by atoms with van der Waals surface area (Å²) in [6.45, 7) is 7.07. The number of urea groups is 1. The van der Waals surface area contributed by atoms with Crippen molar-refractivity contribution in [1.82, 2.24) is 14.7 Å². The highest BCUT2D eigenvalue weighted by molar-refractivity contribution is 6.42. The smallest absolute Gasteiger partial charge is 0.322 e. The highest BCUT2D eigenvalue weighted by Crippen LogP contribution is 2.53. The average Bonchev–Trinajstić information content (AvgIpc) is 3.88. The fourth-order valence-electron chi connectivity index (χ4n) is 7.53. The molecule has 3 fully saturated rings. The lowest BCUT2D eigenvalue weighted by atomic mass is 9.90. The van der Waals surface area contributed by atoms with Crippen LogP contribution in [0.1, 0.15) is 129 Å². The van der Waals surface area contributed by atoms with Gasteiger partial charge < -0.3 is 29.9 Å². The molecular formula is C39H62Cl2N4O5. The van der Waals surface area contributed by atoms with E-state index in [1.165, 1.54) is 69.1 Å². The number of carbonyl (C=O) groups is 3. The van der Waals surface area contributed by atoms with E-state index >= 15 is 0 Å². The van der Waals surface area contributed by atoms with Gasteiger partial charge in [0.1, 0.15) is 12.6 Å². The third-order valence-electron chi connectivity index (χ3n) is 11.2. The van der Waals surface area contributed by atoms with E-state index in [4.69, 9.17) is 27.9 Å². The van der Waals surface area contributed by atoms with Gasteiger partial charge in [0.15, 0.2) is 0 Å². The second-order valence-electron chi connectivity index (χ2n) is 15.0. The minimum atomic E-state index is -0.693. The number of β-amino-alcohol motifs (C(OH)–C–C–N with tert-alkyl or cyclic N) is 1. The molecular weight excluding hydrogens is 675 g/mol. The number of piperazine rings is 1. The maximum Gasteiger partial charge on any atom is 0.322 e. The number of benzene rings is 1. The van der Waals surface area contributed by atoms with Gasteiger partial charge in [-0.15, -0.1) is 0 Å². The van der Waals surface area contributed by atoms with Gasteiger partial charge in [0.05, 0.1) is 22.2 Å². The number of carbonyl (C=O) groups excluding carboxylic acids is 3. The first-order valence-corrected chi connectivity index (χ1v) is 20.3. The van der Waals surface area contributed by atoms with Crippen LogP contribution in [0.2, 0.25) is 10.0 Å². The van der Waals surface area contributed by atoms with Crippen LogP contribution in [-0.4, -0.2) is 95.2 Å². The Morgan fingerprint density at radius 2 is 1.56 bits per heavy atom. The molecule has 1 aliphatic carbocycles. The summed E-state index contributed by atoms with van der Waals surface area (Å²) in [4.78, 5) is 45.3. The summed E-state index contributed by atoms with van der Waals surface area (Å²) < 4.78 is 5.81. The number of ether oxygens (including phenoxy) is 1. The van der Waals surface area contributed by atoms with Gasteiger partial charge in [0.2, 0.25) is 5.91 Å². The van der Waals surface area contributed by atoms with Crippen molar-refractivity contribution in [3.05, 3.63) is 28.2 Å². The molecule has 2 N–H and O–H groups in total. The SMILES string of the molecule is CCCCCCCCCCCCCCCC(=O)OCC(CCN1CCC2(CC2)C(O)C1)N1CCN(C(=O)Nc2ccc(Cl)c(Cl)c2)C(C)C1=O. The van der Waals surface area contributed by atoms with Gasteiger partial charge >= 0.3 is 12.0 Å². The number of esters is 1. The Hall–Kier alpha value is -2.07. The molecule has 1 spiro atoms. The van der Waals surface area contributed by atoms with E-state index in [0.29, 0.717) is 54.8 Å². The van der Waals surface area contributed by atoms with Crippen LogP contribution in [0.3, 0.4) is 0 Å². The van der Waals surface area contributed by atoms with Gasteiger partial charge in [-0.25, -0.2) is 4.79 Å². The normalized spacial score (nSPS) is 21.0. The van der Waals surface area contributed by atoms with Gasteiger partial charge in [-0.1, -0.05) is 107 Å². The Morgan fingerprint density at radius 1 is 0.920 bits per heavy atom. The molecule has 3 aliphatic rings. The standard InChI is InChI=1S/C39H62Cl2N4O5/c1-3-4-5-6-7-8-9-10-11-12-13-14-15-16-36(47)50-29-32(19-23-43-24-22-39(20-21-39)35(46)28-43)45-26-25-44(30(2)37(45)48)38(49)42-31-17-18-33(40)34(41)27-31/h17-18,27,30,32,35,46H,3-16,19-26,28-29H2,1-2H3,(H,42,49). The Bertz CT molecular complexity index is 1230. The summed E-state index contributed by atoms with van der Waals surface area (Å²) in [7, 11) is 0. The summed E-state index contributed by atoms with van der Waals surface area (Å²) in [5.41, 5.74) is 0.620. The largest absolute Gasteiger partial charge is 0.463 e. The lowest BCUT2D eigenvalue weighted by Gasteiger charge is -2.43. The molecule has 11 heteroatoms. The van der Waals surface area contributed by atoms with Crippen LogP contribution in [0.4, 0.5) is 10.5 Å². The van der Waals surface area contributed by atoms with Gasteiger partial charge in [0.25, 0.3) is 0 Å². The number of unbranched alkanes of at least 4 members (excludes halogenated alkanes) is 12. The highest BCUT2D eigenvalue weighted by atomic mass is 35.5. The Balaban J connectivity index is 1.21. The number of halogens is 2. The molecule has 2 heterocycles. The van der Waals surface area contributed by atoms with Crippen LogP contribution in [0.5, 0.6) is 0 Å². The first kappa shape index (κ1) is 40.7. The van der Waals surface area contributed by atoms with Crippen molar-refractivity contribution in [3.63, 3.8) is 0 Å². The monoisotopic (exact) mass is 736 g/mol. The van der Waals surface area contributed by atoms with Gasteiger partial charge in [-0.2, -0.15) is 0 Å². The van der Waals surface area contributed by atoms with Gasteiger partial charge in [-0.3, -0.25) is 9.59 Å². The molecule has 1 aromatic carbocycles. The molecule has 9 nitrogen and oxygen atoms in total. The number of hydrogen-bond donors (Lipinski definition) is 2. The van der Waals surface area contributed by atoms with Crippen LogP contribution >= 0.6 is 23.2 Å². The van der Waals surface area contributed by atoms with Crippen molar-refractivity contribution >= 4 is 46.8 Å². The average molecular weight is 738 g/mol. The van der Waals surface area contributed by atoms with Crippen molar-refractivity contribution in [2.45, 2.75) is 148 Å². The van der Waals surface area contributed by atoms with Crippen LogP contribution in [0, 0.1) is 5.41 Å². The van der Waals surface area contributed by atoms with E-state index in [1.54, 1.807) is 30.0 Å². The second-order valence-corrected chi connectivity index (χ2v) is 15.8. The van der Waals surface area contributed by atoms with E-state index in [2.05, 4.69) is 17.1 Å². The third kappa shape index (κ3) is 12.6. The van der Waals surface area contributed by atoms with Crippen LogP contribution in [-0.2, 0) is 14.3 Å². The number of piperidine rings is 1. The van der Waals surface area contributed by atoms with Crippen molar-refractivity contribution < 1.29 is 24.2 Å². The molecule has 1 aromatic rings. The Kier molecular flexibility index (Phi) is 17.0. The van der Waals surface area contributed by atoms with Crippen LogP contribution in [0.15, 0.2) is 18.2 Å². The van der Waals surface area contributed by atoms with Crippen molar-refractivity contribution in [1.29, 1.82) is 0 Å². The number of likely N-dealkylation sites (tertiary alicyclic amines) is 1. The van der Waals surface area contributed by atoms with Crippen LogP contribution < -0.4 is 5.32 Å². The summed E-state index contributed by atoms with van der Waals surface area (Å²) in [5, 5.41) is 14.3. The minimum absolute atomic E-state index is 0.124. The Labute approximate surface area is 310 Å². The molecule has 282 valence electrons. The molecule has 0 aromatic heterocycles. The number of rotatable bonds is 21. The van der Waals surface area contributed by atoms with Gasteiger partial charge in [0, 0.05) is 38.3 Å². The first-order chi connectivity index (χ1) is 24.1. The molecule has 50 heavy (non-hydrogen) atoms. The Morgan fingerprint density at radius 3 is 2.16 bits per heavy atom. The highest BCUT2D eigenvalue weighted by Gasteiger charge is 2.51. The zero-order valence-corrected chi connectivity index (χ0v) is 32.1. The lowest BCUT2D eigenvalue weighted by molar-refractivity contribution is -0.152. The fraction of sp³-hybridized carbons (Fsp3) is 0.769. The van der Waals surface area contributed by atoms with E-state index in [1.807, 2.05) is 0 Å². The predicted octanol–water partition coefficient (Wildman–Crippen LogP) is 8.69. The summed E-state index contributed by atoms with van der Waals surface area (Å²) in [6, 6.07) is 3.47. The van der Waals surface area contributed by atoms with Crippen molar-refractivity contribution in [3.8, 4) is 0 Å². The number of hydrogen-bond acceptors (Lipinski definition) is 6. The molecule has 0 radical (unpaired) electrons. The number of anilines is 1. The number of aliphatic hydroxyl groups excluding tert-OH is 1. The quantitative estimate of drug-likeness (QED) is 0.0968. The zero-order valence-electron chi connectivity index (χ0n) is 30.6. The maximum atomic E-state index is 13.8. The van der Waals surface area contributed by atoms with E-state index in [-0.39, 0.29) is 42.1 Å². The molecule has 2 aliphatic heterocycles. The van der Waals surface area contributed by atoms with E-state index in [0.717, 1.165) is 45.1 Å². The number of aliphatic hydroxyl groups is 1. The van der Waals surface area contributed by atoms with E-state index in [9.17, 15) is 19.5 Å². The number of nitrogens with one attached hydrogen (secondary N) is 1. The van der Waals surface area contributed by atoms with Crippen LogP contribution in [0.25, 0.3) is 0 Å². The molecule has 4 rings (SSSR count). The predicted molar refractivity (Wildman–Crippen MR) is 202 cm³/mol. The maximum absolute atomic E-state index is 13.8. The topological polar surface area (TPSA) is 102 Å². The minimum Gasteiger partial charge on any atom is -0.463 e. The van der Waals surface area contributed by atoms with Crippen molar-refractivity contribution in [2.75, 3.05) is 44.6 Å². The molecule has 1 saturated carbocycles. The van der Waals surface area contributed by atoms with Gasteiger partial charge in [-0.05, 0) is 69.2 Å². The molecule has 0 bridgehead atoms. The lowest BCUT2D eigenvalue weighted by Crippen LogP contribution is -2.61. The third-order valence-corrected chi connectivity index (χ3v) is 12.0. The second kappa shape index (κ2) is 20.8. The fourth-order valence-corrected chi connectivity index (χ4v) is 7.83. The van der Waals surface area contributed by atoms with E-state index < -0.39 is 6.04 Å². The summed E-state index contributed by atoms with van der Waals surface area (Å²) in [5.74, 6) is -0.393.